The van der Waals surface area contributed by atoms with Crippen LogP contribution in [0.5, 0.6) is 0 Å². The molecule has 0 spiro atoms. The fourth-order valence-corrected chi connectivity index (χ4v) is 5.78. The maximum atomic E-state index is 13.2. The molecule has 1 aliphatic rings. The minimum absolute atomic E-state index is 0.0135. The quantitative estimate of drug-likeness (QED) is 0.243. The number of unbranched alkanes of at least 4 members (excludes halogenated alkanes) is 1. The third kappa shape index (κ3) is 5.05. The number of carbonyl (C=O) groups excluding carboxylic acids is 1. The molecule has 166 valence electrons. The lowest BCUT2D eigenvalue weighted by Gasteiger charge is -2.21. The summed E-state index contributed by atoms with van der Waals surface area (Å²) in [5.41, 5.74) is 2.79. The average Bonchev–Trinajstić information content (AvgIpc) is 3.54. The normalized spacial score (nSPS) is 16.3. The maximum Gasteiger partial charge on any atom is 0.266 e. The molecule has 32 heavy (non-hydrogen) atoms. The van der Waals surface area contributed by atoms with Crippen molar-refractivity contribution in [2.24, 2.45) is 5.92 Å². The Balaban J connectivity index is 1.64. The smallest absolute Gasteiger partial charge is 0.266 e. The van der Waals surface area contributed by atoms with Gasteiger partial charge in [0.15, 0.2) is 0 Å². The molecular formula is C25H27N3OS3. The van der Waals surface area contributed by atoms with Crippen molar-refractivity contribution in [2.45, 2.75) is 39.5 Å². The Labute approximate surface area is 203 Å². The Hall–Kier alpha value is -2.22. The van der Waals surface area contributed by atoms with Crippen molar-refractivity contribution in [3.8, 4) is 16.3 Å². The van der Waals surface area contributed by atoms with Gasteiger partial charge in [-0.15, -0.1) is 11.3 Å². The highest BCUT2D eigenvalue weighted by Gasteiger charge is 2.33. The summed E-state index contributed by atoms with van der Waals surface area (Å²) >= 11 is 8.64. The summed E-state index contributed by atoms with van der Waals surface area (Å²) in [6, 6.07) is 14.1. The van der Waals surface area contributed by atoms with Gasteiger partial charge in [-0.25, -0.2) is 4.68 Å². The summed E-state index contributed by atoms with van der Waals surface area (Å²) in [6.07, 6.45) is 8.50. The zero-order chi connectivity index (χ0) is 22.5. The lowest BCUT2D eigenvalue weighted by molar-refractivity contribution is -0.122. The molecule has 1 aromatic carbocycles. The van der Waals surface area contributed by atoms with Gasteiger partial charge in [0.25, 0.3) is 5.91 Å². The van der Waals surface area contributed by atoms with Crippen molar-refractivity contribution < 1.29 is 4.79 Å². The molecule has 0 saturated carbocycles. The largest absolute Gasteiger partial charge is 0.293 e. The van der Waals surface area contributed by atoms with Gasteiger partial charge in [0.05, 0.1) is 15.5 Å². The number of thiophene rings is 1. The van der Waals surface area contributed by atoms with E-state index in [4.69, 9.17) is 17.3 Å². The molecule has 1 amide bonds. The molecular weight excluding hydrogens is 454 g/mol. The number of nitrogens with zero attached hydrogens (tertiary/aromatic N) is 3. The predicted octanol–water partition coefficient (Wildman–Crippen LogP) is 7.02. The first-order valence-corrected chi connectivity index (χ1v) is 13.2. The van der Waals surface area contributed by atoms with E-state index in [1.54, 1.807) is 16.2 Å². The number of thiocarbonyl (C=S) groups is 1. The second kappa shape index (κ2) is 10.6. The zero-order valence-corrected chi connectivity index (χ0v) is 20.8. The molecule has 4 nitrogen and oxygen atoms in total. The zero-order valence-electron chi connectivity index (χ0n) is 18.4. The lowest BCUT2D eigenvalue weighted by Crippen LogP contribution is -2.33. The Morgan fingerprint density at radius 3 is 2.66 bits per heavy atom. The van der Waals surface area contributed by atoms with Gasteiger partial charge < -0.3 is 0 Å². The van der Waals surface area contributed by atoms with Crippen molar-refractivity contribution >= 4 is 51.6 Å². The maximum absolute atomic E-state index is 13.2. The third-order valence-corrected chi connectivity index (χ3v) is 7.92. The molecule has 1 saturated heterocycles. The lowest BCUT2D eigenvalue weighted by atomic mass is 9.99. The van der Waals surface area contributed by atoms with Crippen LogP contribution in [0.4, 0.5) is 0 Å². The number of hydrogen-bond acceptors (Lipinski definition) is 5. The first-order chi connectivity index (χ1) is 15.6. The van der Waals surface area contributed by atoms with Gasteiger partial charge in [0, 0.05) is 18.3 Å². The summed E-state index contributed by atoms with van der Waals surface area (Å²) in [5.74, 6) is 0.499. The van der Waals surface area contributed by atoms with Crippen molar-refractivity contribution in [3.63, 3.8) is 0 Å². The number of rotatable bonds is 9. The van der Waals surface area contributed by atoms with E-state index in [9.17, 15) is 4.79 Å². The van der Waals surface area contributed by atoms with Crippen molar-refractivity contribution in [3.05, 3.63) is 64.5 Å². The number of amides is 1. The van der Waals surface area contributed by atoms with Crippen LogP contribution in [-0.4, -0.2) is 31.5 Å². The van der Waals surface area contributed by atoms with E-state index < -0.39 is 0 Å². The van der Waals surface area contributed by atoms with Gasteiger partial charge in [0.1, 0.15) is 10.0 Å². The van der Waals surface area contributed by atoms with Gasteiger partial charge in [-0.2, -0.15) is 5.10 Å². The molecule has 1 aliphatic heterocycles. The standard InChI is InChI=1S/C25H27N3OS3/c1-3-5-10-18(4-2)16-27-24(29)22(32-25(27)30)15-19-17-28(20-11-7-6-8-12-20)26-23(19)21-13-9-14-31-21/h6-9,11-15,17-18H,3-5,10,16H2,1-2H3/b22-15-/t18-/m0/s1. The summed E-state index contributed by atoms with van der Waals surface area (Å²) < 4.78 is 2.53. The molecule has 7 heteroatoms. The van der Waals surface area contributed by atoms with Crippen LogP contribution >= 0.6 is 35.3 Å². The van der Waals surface area contributed by atoms with Gasteiger partial charge in [-0.1, -0.05) is 81.4 Å². The van der Waals surface area contributed by atoms with E-state index in [0.29, 0.717) is 21.7 Å². The number of benzene rings is 1. The molecule has 0 radical (unpaired) electrons. The number of carbonyl (C=O) groups is 1. The molecule has 0 N–H and O–H groups in total. The van der Waals surface area contributed by atoms with E-state index >= 15 is 0 Å². The summed E-state index contributed by atoms with van der Waals surface area (Å²) in [7, 11) is 0. The van der Waals surface area contributed by atoms with E-state index in [1.165, 1.54) is 24.6 Å². The summed E-state index contributed by atoms with van der Waals surface area (Å²) in [6.45, 7) is 5.11. The molecule has 3 aromatic rings. The van der Waals surface area contributed by atoms with Gasteiger partial charge in [-0.05, 0) is 42.0 Å². The van der Waals surface area contributed by atoms with E-state index in [1.807, 2.05) is 58.7 Å². The molecule has 2 aromatic heterocycles. The molecule has 0 aliphatic carbocycles. The molecule has 4 rings (SSSR count). The Morgan fingerprint density at radius 1 is 1.16 bits per heavy atom. The molecule has 1 fully saturated rings. The number of aromatic nitrogens is 2. The number of hydrogen-bond donors (Lipinski definition) is 0. The monoisotopic (exact) mass is 481 g/mol. The first-order valence-electron chi connectivity index (χ1n) is 11.0. The highest BCUT2D eigenvalue weighted by molar-refractivity contribution is 8.26. The highest BCUT2D eigenvalue weighted by Crippen LogP contribution is 2.36. The summed E-state index contributed by atoms with van der Waals surface area (Å²) in [4.78, 5) is 16.8. The van der Waals surface area contributed by atoms with Crippen LogP contribution in [0.2, 0.25) is 0 Å². The van der Waals surface area contributed by atoms with Gasteiger partial charge >= 0.3 is 0 Å². The second-order valence-corrected chi connectivity index (χ2v) is 10.5. The number of thioether (sulfide) groups is 1. The number of para-hydroxylation sites is 1. The fraction of sp³-hybridized carbons (Fsp3) is 0.320. The van der Waals surface area contributed by atoms with Crippen molar-refractivity contribution in [1.82, 2.24) is 14.7 Å². The van der Waals surface area contributed by atoms with Crippen LogP contribution in [0.15, 0.2) is 58.9 Å². The van der Waals surface area contributed by atoms with E-state index in [0.717, 1.165) is 34.7 Å². The Kier molecular flexibility index (Phi) is 7.60. The Morgan fingerprint density at radius 2 is 1.97 bits per heavy atom. The third-order valence-electron chi connectivity index (χ3n) is 5.66. The minimum atomic E-state index is 0.0135. The molecule has 0 unspecified atom stereocenters. The first kappa shape index (κ1) is 23.0. The van der Waals surface area contributed by atoms with Crippen LogP contribution in [0.3, 0.4) is 0 Å². The van der Waals surface area contributed by atoms with Crippen LogP contribution < -0.4 is 0 Å². The molecule has 1 atom stereocenters. The van der Waals surface area contributed by atoms with E-state index in [-0.39, 0.29) is 5.91 Å². The van der Waals surface area contributed by atoms with E-state index in [2.05, 4.69) is 19.9 Å². The minimum Gasteiger partial charge on any atom is -0.293 e. The fourth-order valence-electron chi connectivity index (χ4n) is 3.78. The van der Waals surface area contributed by atoms with Crippen LogP contribution in [0, 0.1) is 5.92 Å². The summed E-state index contributed by atoms with van der Waals surface area (Å²) in [5, 5.41) is 6.88. The average molecular weight is 482 g/mol. The van der Waals surface area contributed by atoms with Crippen LogP contribution in [0.25, 0.3) is 22.3 Å². The topological polar surface area (TPSA) is 38.1 Å². The van der Waals surface area contributed by atoms with Crippen molar-refractivity contribution in [1.29, 1.82) is 0 Å². The molecule has 0 bridgehead atoms. The van der Waals surface area contributed by atoms with Gasteiger partial charge in [-0.3, -0.25) is 9.69 Å². The van der Waals surface area contributed by atoms with Crippen molar-refractivity contribution in [2.75, 3.05) is 6.54 Å². The van der Waals surface area contributed by atoms with Crippen LogP contribution in [0.1, 0.15) is 45.1 Å². The Bertz CT molecular complexity index is 1100. The SMILES string of the molecule is CCCC[C@H](CC)CN1C(=O)/C(=C/c2cn(-c3ccccc3)nc2-c2cccs2)SC1=S. The van der Waals surface area contributed by atoms with Crippen LogP contribution in [-0.2, 0) is 4.79 Å². The molecule has 3 heterocycles. The predicted molar refractivity (Wildman–Crippen MR) is 140 cm³/mol. The second-order valence-electron chi connectivity index (χ2n) is 7.90. The highest BCUT2D eigenvalue weighted by atomic mass is 32.2. The van der Waals surface area contributed by atoms with Gasteiger partial charge in [0.2, 0.25) is 0 Å².